The highest BCUT2D eigenvalue weighted by Gasteiger charge is 2.18. The molecule has 0 saturated carbocycles. The van der Waals surface area contributed by atoms with E-state index in [0.717, 1.165) is 17.6 Å². The highest BCUT2D eigenvalue weighted by atomic mass is 35.5. The Bertz CT molecular complexity index is 2020. The molecule has 0 saturated heterocycles. The van der Waals surface area contributed by atoms with Crippen molar-refractivity contribution in [2.75, 3.05) is 11.6 Å². The molecule has 204 valence electrons. The summed E-state index contributed by atoms with van der Waals surface area (Å²) in [4.78, 5) is 27.0. The van der Waals surface area contributed by atoms with Crippen molar-refractivity contribution in [3.05, 3.63) is 127 Å². The number of halogens is 2. The number of amides is 1. The number of benzene rings is 1. The first-order chi connectivity index (χ1) is 20.1. The maximum atomic E-state index is 12.6. The first-order valence-electron chi connectivity index (χ1n) is 10.9. The molecule has 42 heavy (non-hydrogen) atoms. The molecule has 0 aliphatic rings. The van der Waals surface area contributed by atoms with E-state index in [0.29, 0.717) is 35.3 Å². The number of rotatable bonds is 5. The van der Waals surface area contributed by atoms with Gasteiger partial charge >= 0.3 is 0 Å². The van der Waals surface area contributed by atoms with Gasteiger partial charge in [-0.2, -0.15) is 5.26 Å². The van der Waals surface area contributed by atoms with Gasteiger partial charge in [-0.1, -0.05) is 40.7 Å². The van der Waals surface area contributed by atoms with E-state index >= 15 is 0 Å². The standard InChI is InChI=1S/C18H11Cl2N3O3S3.C12H2O/c1-29(25,26)12-4-2-11(3-5-12)23-17(24)15-6-10(7-21)18(27-15)28-16-13(19)8-22-9-14(16)20;1-2-3-4-5-6-7-8-9-10-11-12-13/h2-6,8-9H,1H3,(H,23,24);1H2. The number of nitrogens with zero attached hydrogens (tertiary/aromatic N) is 2. The molecule has 3 rings (SSSR count). The van der Waals surface area contributed by atoms with Crippen LogP contribution in [0.25, 0.3) is 0 Å². The van der Waals surface area contributed by atoms with Gasteiger partial charge in [0, 0.05) is 53.0 Å². The lowest BCUT2D eigenvalue weighted by atomic mass is 10.3. The molecule has 0 aliphatic heterocycles. The van der Waals surface area contributed by atoms with Crippen molar-refractivity contribution in [3.63, 3.8) is 0 Å². The van der Waals surface area contributed by atoms with Gasteiger partial charge in [0.15, 0.2) is 15.8 Å². The predicted octanol–water partition coefficient (Wildman–Crippen LogP) is 6.68. The molecule has 1 aromatic carbocycles. The van der Waals surface area contributed by atoms with E-state index in [4.69, 9.17) is 23.2 Å². The summed E-state index contributed by atoms with van der Waals surface area (Å²) in [5.41, 5.74) is 24.1. The highest BCUT2D eigenvalue weighted by molar-refractivity contribution is 8.01. The number of pyridine rings is 1. The Morgan fingerprint density at radius 3 is 2.02 bits per heavy atom. The van der Waals surface area contributed by atoms with Crippen molar-refractivity contribution >= 4 is 73.7 Å². The average molecular weight is 647 g/mol. The summed E-state index contributed by atoms with van der Waals surface area (Å²) in [6, 6.07) is 9.36. The molecule has 0 aliphatic carbocycles. The summed E-state index contributed by atoms with van der Waals surface area (Å²) in [5.74, 6) is 0.952. The van der Waals surface area contributed by atoms with Crippen LogP contribution in [-0.4, -0.2) is 31.5 Å². The number of thiophene rings is 1. The number of aromatic nitrogens is 1. The molecule has 12 heteroatoms. The number of sulfone groups is 1. The summed E-state index contributed by atoms with van der Waals surface area (Å²) in [7, 11) is -3.32. The Hall–Kier alpha value is -4.84. The van der Waals surface area contributed by atoms with Crippen molar-refractivity contribution < 1.29 is 18.0 Å². The monoisotopic (exact) mass is 645 g/mol. The lowest BCUT2D eigenvalue weighted by Crippen LogP contribution is -2.10. The molecular weight excluding hydrogens is 633 g/mol. The van der Waals surface area contributed by atoms with Gasteiger partial charge < -0.3 is 5.32 Å². The van der Waals surface area contributed by atoms with Gasteiger partial charge in [-0.25, -0.2) is 13.2 Å². The Morgan fingerprint density at radius 2 is 1.52 bits per heavy atom. The SMILES string of the molecule is C=C=C=C=C=C=C=C=C=C=C=C=O.CS(=O)(=O)c1ccc(NC(=O)c2cc(C#N)c(Sc3c(Cl)cncc3Cl)s2)cc1. The van der Waals surface area contributed by atoms with E-state index in [1.165, 1.54) is 60.4 Å². The van der Waals surface area contributed by atoms with Crippen molar-refractivity contribution in [1.29, 1.82) is 5.26 Å². The molecule has 0 atom stereocenters. The zero-order valence-electron chi connectivity index (χ0n) is 21.3. The van der Waals surface area contributed by atoms with Gasteiger partial charge in [-0.05, 0) is 59.8 Å². The van der Waals surface area contributed by atoms with Crippen LogP contribution in [0.2, 0.25) is 10.0 Å². The van der Waals surface area contributed by atoms with Gasteiger partial charge in [-0.3, -0.25) is 9.78 Å². The Morgan fingerprint density at radius 1 is 0.976 bits per heavy atom. The molecule has 1 N–H and O–H groups in total. The van der Waals surface area contributed by atoms with Gasteiger partial charge in [0.2, 0.25) is 0 Å². The van der Waals surface area contributed by atoms with Crippen molar-refractivity contribution in [1.82, 2.24) is 4.98 Å². The van der Waals surface area contributed by atoms with E-state index < -0.39 is 15.7 Å². The van der Waals surface area contributed by atoms with Gasteiger partial charge in [0.25, 0.3) is 5.91 Å². The number of nitrogens with one attached hydrogen (secondary N) is 1. The molecule has 3 aromatic rings. The first kappa shape index (κ1) is 33.4. The van der Waals surface area contributed by atoms with Gasteiger partial charge in [0.1, 0.15) is 6.07 Å². The summed E-state index contributed by atoms with van der Waals surface area (Å²) in [5, 5.41) is 12.8. The van der Waals surface area contributed by atoms with Crippen LogP contribution in [0.3, 0.4) is 0 Å². The largest absolute Gasteiger partial charge is 0.321 e. The molecule has 0 radical (unpaired) electrons. The zero-order chi connectivity index (χ0) is 31.0. The fourth-order valence-corrected chi connectivity index (χ4v) is 5.84. The molecule has 0 spiro atoms. The third-order valence-corrected chi connectivity index (χ3v) is 8.63. The minimum absolute atomic E-state index is 0.156. The zero-order valence-corrected chi connectivity index (χ0v) is 25.2. The van der Waals surface area contributed by atoms with Crippen LogP contribution in [0.4, 0.5) is 5.69 Å². The van der Waals surface area contributed by atoms with Crippen LogP contribution in [0.15, 0.2) is 121 Å². The molecule has 2 heterocycles. The van der Waals surface area contributed by atoms with Crippen LogP contribution < -0.4 is 5.32 Å². The predicted molar refractivity (Wildman–Crippen MR) is 161 cm³/mol. The second-order valence-electron chi connectivity index (χ2n) is 7.11. The third kappa shape index (κ3) is 11.0. The second kappa shape index (κ2) is 17.1. The topological polar surface area (TPSA) is 117 Å². The highest BCUT2D eigenvalue weighted by Crippen LogP contribution is 2.42. The number of anilines is 1. The number of hydrogen-bond donors (Lipinski definition) is 1. The fraction of sp³-hybridized carbons (Fsp3) is 0.0333. The number of nitriles is 1. The van der Waals surface area contributed by atoms with E-state index in [-0.39, 0.29) is 4.90 Å². The second-order valence-corrected chi connectivity index (χ2v) is 12.3. The van der Waals surface area contributed by atoms with E-state index in [2.05, 4.69) is 74.5 Å². The van der Waals surface area contributed by atoms with Crippen molar-refractivity contribution in [3.8, 4) is 6.07 Å². The number of carbonyl (C=O) groups excluding carboxylic acids is 2. The number of hydrogen-bond acceptors (Lipinski definition) is 8. The van der Waals surface area contributed by atoms with Crippen LogP contribution in [-0.2, 0) is 14.6 Å². The summed E-state index contributed by atoms with van der Waals surface area (Å²) < 4.78 is 23.6. The Labute approximate surface area is 259 Å². The third-order valence-electron chi connectivity index (χ3n) is 4.23. The van der Waals surface area contributed by atoms with Crippen LogP contribution in [0.5, 0.6) is 0 Å². The van der Waals surface area contributed by atoms with Crippen LogP contribution in [0.1, 0.15) is 15.2 Å². The average Bonchev–Trinajstić information content (AvgIpc) is 3.37. The van der Waals surface area contributed by atoms with Gasteiger partial charge in [-0.15, -0.1) is 11.3 Å². The van der Waals surface area contributed by atoms with E-state index in [1.54, 1.807) is 0 Å². The molecule has 7 nitrogen and oxygen atoms in total. The van der Waals surface area contributed by atoms with Gasteiger partial charge in [0.05, 0.1) is 34.5 Å². The fourth-order valence-electron chi connectivity index (χ4n) is 2.50. The maximum Gasteiger partial charge on any atom is 0.265 e. The minimum atomic E-state index is -3.32. The number of carbonyl (C=O) groups is 1. The molecule has 0 fully saturated rings. The van der Waals surface area contributed by atoms with Crippen LogP contribution >= 0.6 is 46.3 Å². The molecule has 0 unspecified atom stereocenters. The summed E-state index contributed by atoms with van der Waals surface area (Å²) >= 11 is 14.6. The lowest BCUT2D eigenvalue weighted by Gasteiger charge is -2.05. The molecular formula is C30H13Cl2N3O4S3. The summed E-state index contributed by atoms with van der Waals surface area (Å²) in [6.45, 7) is 3.26. The minimum Gasteiger partial charge on any atom is -0.321 e. The Balaban J connectivity index is 0.000000401. The molecule has 2 aromatic heterocycles. The van der Waals surface area contributed by atoms with Crippen molar-refractivity contribution in [2.45, 2.75) is 14.0 Å². The van der Waals surface area contributed by atoms with Crippen LogP contribution in [0, 0.1) is 11.3 Å². The van der Waals surface area contributed by atoms with E-state index in [1.807, 2.05) is 5.73 Å². The molecule has 0 bridgehead atoms. The maximum absolute atomic E-state index is 12.6. The Kier molecular flexibility index (Phi) is 13.6. The van der Waals surface area contributed by atoms with Crippen molar-refractivity contribution in [2.24, 2.45) is 0 Å². The smallest absolute Gasteiger partial charge is 0.265 e. The first-order valence-corrected chi connectivity index (χ1v) is 15.1. The van der Waals surface area contributed by atoms with E-state index in [9.17, 15) is 23.3 Å². The quantitative estimate of drug-likeness (QED) is 0.243. The lowest BCUT2D eigenvalue weighted by molar-refractivity contribution is 0.103. The summed E-state index contributed by atoms with van der Waals surface area (Å²) in [6.07, 6.45) is 4.00. The normalized spacial score (nSPS) is 8.81. The molecule has 1 amide bonds.